The van der Waals surface area contributed by atoms with E-state index in [2.05, 4.69) is 26.1 Å². The van der Waals surface area contributed by atoms with E-state index in [0.717, 1.165) is 21.3 Å². The highest BCUT2D eigenvalue weighted by Crippen LogP contribution is 2.34. The van der Waals surface area contributed by atoms with Crippen molar-refractivity contribution in [3.05, 3.63) is 58.8 Å². The summed E-state index contributed by atoms with van der Waals surface area (Å²) in [5.74, 6) is 0.435. The number of pyridine rings is 1. The van der Waals surface area contributed by atoms with Gasteiger partial charge in [-0.05, 0) is 64.8 Å². The third-order valence-corrected chi connectivity index (χ3v) is 3.43. The highest BCUT2D eigenvalue weighted by atomic mass is 79.9. The number of halogens is 2. The minimum atomic E-state index is -0.276. The van der Waals surface area contributed by atoms with Crippen LogP contribution in [0.1, 0.15) is 5.76 Å². The lowest BCUT2D eigenvalue weighted by Gasteiger charge is -2.03. The molecule has 0 aliphatic heterocycles. The molecule has 0 fully saturated rings. The van der Waals surface area contributed by atoms with Crippen molar-refractivity contribution in [3.63, 3.8) is 0 Å². The molecule has 3 nitrogen and oxygen atoms in total. The molecule has 1 aromatic carbocycles. The van der Waals surface area contributed by atoms with Gasteiger partial charge in [0, 0.05) is 11.8 Å². The molecule has 2 aromatic heterocycles. The van der Waals surface area contributed by atoms with Crippen LogP contribution in [0.25, 0.3) is 22.4 Å². The van der Waals surface area contributed by atoms with Crippen LogP contribution in [0.2, 0.25) is 0 Å². The molecule has 5 heteroatoms. The second-order valence-electron chi connectivity index (χ2n) is 4.34. The van der Waals surface area contributed by atoms with E-state index in [4.69, 9.17) is 4.52 Å². The van der Waals surface area contributed by atoms with Crippen molar-refractivity contribution in [2.45, 2.75) is 6.92 Å². The van der Waals surface area contributed by atoms with Gasteiger partial charge < -0.3 is 4.52 Å². The fourth-order valence-corrected chi connectivity index (χ4v) is 2.44. The predicted octanol–water partition coefficient (Wildman–Crippen LogP) is 4.61. The Labute approximate surface area is 123 Å². The molecule has 0 atom stereocenters. The van der Waals surface area contributed by atoms with Gasteiger partial charge in [0.2, 0.25) is 0 Å². The summed E-state index contributed by atoms with van der Waals surface area (Å²) in [5, 5.41) is 4.09. The summed E-state index contributed by atoms with van der Waals surface area (Å²) in [5.41, 5.74) is 3.34. The van der Waals surface area contributed by atoms with Crippen LogP contribution in [-0.4, -0.2) is 10.1 Å². The first-order valence-corrected chi connectivity index (χ1v) is 6.78. The molecule has 0 amide bonds. The summed E-state index contributed by atoms with van der Waals surface area (Å²) < 4.78 is 19.1. The maximum Gasteiger partial charge on any atom is 0.142 e. The molecular weight excluding hydrogens is 323 g/mol. The Morgan fingerprint density at radius 2 is 1.85 bits per heavy atom. The van der Waals surface area contributed by atoms with E-state index in [9.17, 15) is 4.39 Å². The quantitative estimate of drug-likeness (QED) is 0.643. The summed E-state index contributed by atoms with van der Waals surface area (Å²) in [6, 6.07) is 9.97. The molecule has 0 spiro atoms. The molecule has 0 saturated carbocycles. The monoisotopic (exact) mass is 332 g/mol. The van der Waals surface area contributed by atoms with Crippen molar-refractivity contribution in [3.8, 4) is 22.4 Å². The van der Waals surface area contributed by atoms with Gasteiger partial charge in [-0.1, -0.05) is 5.16 Å². The molecule has 0 bridgehead atoms. The molecule has 0 N–H and O–H groups in total. The van der Waals surface area contributed by atoms with E-state index in [1.54, 1.807) is 18.3 Å². The highest BCUT2D eigenvalue weighted by Gasteiger charge is 2.16. The minimum Gasteiger partial charge on any atom is -0.360 e. The summed E-state index contributed by atoms with van der Waals surface area (Å²) in [4.78, 5) is 4.11. The fourth-order valence-electron chi connectivity index (χ4n) is 2.07. The standard InChI is InChI=1S/C15H10BrFN2O/c1-9-14(11-6-7-18-13(16)8-11)15(19-20-9)10-2-4-12(17)5-3-10/h2-8H,1H3. The van der Waals surface area contributed by atoms with Crippen LogP contribution in [0.3, 0.4) is 0 Å². The average molecular weight is 333 g/mol. The number of rotatable bonds is 2. The molecule has 0 unspecified atom stereocenters. The highest BCUT2D eigenvalue weighted by molar-refractivity contribution is 9.10. The van der Waals surface area contributed by atoms with Gasteiger partial charge in [0.15, 0.2) is 0 Å². The van der Waals surface area contributed by atoms with Crippen LogP contribution >= 0.6 is 15.9 Å². The van der Waals surface area contributed by atoms with Gasteiger partial charge in [-0.25, -0.2) is 9.37 Å². The number of nitrogens with zero attached hydrogens (tertiary/aromatic N) is 2. The topological polar surface area (TPSA) is 38.9 Å². The summed E-state index contributed by atoms with van der Waals surface area (Å²) >= 11 is 3.35. The Bertz CT molecular complexity index is 753. The molecule has 20 heavy (non-hydrogen) atoms. The van der Waals surface area contributed by atoms with Gasteiger partial charge in [-0.2, -0.15) is 0 Å². The maximum atomic E-state index is 13.0. The lowest BCUT2D eigenvalue weighted by atomic mass is 10.0. The van der Waals surface area contributed by atoms with Crippen LogP contribution in [0.4, 0.5) is 4.39 Å². The maximum absolute atomic E-state index is 13.0. The summed E-state index contributed by atoms with van der Waals surface area (Å²) in [6.45, 7) is 1.85. The summed E-state index contributed by atoms with van der Waals surface area (Å²) in [6.07, 6.45) is 1.71. The Hall–Kier alpha value is -2.01. The molecule has 0 aliphatic rings. The minimum absolute atomic E-state index is 0.276. The van der Waals surface area contributed by atoms with Crippen molar-refractivity contribution in [2.75, 3.05) is 0 Å². The van der Waals surface area contributed by atoms with E-state index in [0.29, 0.717) is 11.5 Å². The number of hydrogen-bond donors (Lipinski definition) is 0. The van der Waals surface area contributed by atoms with Gasteiger partial charge in [0.1, 0.15) is 21.9 Å². The van der Waals surface area contributed by atoms with Crippen molar-refractivity contribution >= 4 is 15.9 Å². The smallest absolute Gasteiger partial charge is 0.142 e. The van der Waals surface area contributed by atoms with Crippen LogP contribution < -0.4 is 0 Å². The second kappa shape index (κ2) is 5.17. The lowest BCUT2D eigenvalue weighted by Crippen LogP contribution is -1.86. The number of hydrogen-bond acceptors (Lipinski definition) is 3. The van der Waals surface area contributed by atoms with Crippen molar-refractivity contribution < 1.29 is 8.91 Å². The Morgan fingerprint density at radius 3 is 2.55 bits per heavy atom. The van der Waals surface area contributed by atoms with E-state index in [1.807, 2.05) is 19.1 Å². The first kappa shape index (κ1) is 13.0. The van der Waals surface area contributed by atoms with Crippen LogP contribution in [0, 0.1) is 12.7 Å². The Balaban J connectivity index is 2.17. The largest absolute Gasteiger partial charge is 0.360 e. The van der Waals surface area contributed by atoms with E-state index < -0.39 is 0 Å². The SMILES string of the molecule is Cc1onc(-c2ccc(F)cc2)c1-c1ccnc(Br)c1. The first-order valence-electron chi connectivity index (χ1n) is 5.99. The van der Waals surface area contributed by atoms with E-state index in [1.165, 1.54) is 12.1 Å². The number of aromatic nitrogens is 2. The molecule has 100 valence electrons. The third-order valence-electron chi connectivity index (χ3n) is 3.00. The third kappa shape index (κ3) is 2.36. The van der Waals surface area contributed by atoms with Gasteiger partial charge in [-0.15, -0.1) is 0 Å². The second-order valence-corrected chi connectivity index (χ2v) is 5.15. The molecule has 0 saturated heterocycles. The lowest BCUT2D eigenvalue weighted by molar-refractivity contribution is 0.400. The molecule has 3 aromatic rings. The molecule has 0 radical (unpaired) electrons. The zero-order chi connectivity index (χ0) is 14.1. The molecular formula is C15H10BrFN2O. The zero-order valence-corrected chi connectivity index (χ0v) is 12.2. The van der Waals surface area contributed by atoms with Gasteiger partial charge in [0.05, 0.1) is 5.56 Å². The van der Waals surface area contributed by atoms with Gasteiger partial charge in [-0.3, -0.25) is 0 Å². The number of aryl methyl sites for hydroxylation is 1. The van der Waals surface area contributed by atoms with Crippen molar-refractivity contribution in [1.29, 1.82) is 0 Å². The summed E-state index contributed by atoms with van der Waals surface area (Å²) in [7, 11) is 0. The van der Waals surface area contributed by atoms with Crippen LogP contribution in [0.15, 0.2) is 51.7 Å². The van der Waals surface area contributed by atoms with E-state index in [-0.39, 0.29) is 5.82 Å². The van der Waals surface area contributed by atoms with Crippen molar-refractivity contribution in [1.82, 2.24) is 10.1 Å². The Kier molecular flexibility index (Phi) is 3.36. The first-order chi connectivity index (χ1) is 9.65. The zero-order valence-electron chi connectivity index (χ0n) is 10.6. The normalized spacial score (nSPS) is 10.8. The van der Waals surface area contributed by atoms with Crippen LogP contribution in [-0.2, 0) is 0 Å². The number of benzene rings is 1. The molecule has 3 rings (SSSR count). The van der Waals surface area contributed by atoms with E-state index >= 15 is 0 Å². The molecule has 0 aliphatic carbocycles. The van der Waals surface area contributed by atoms with Gasteiger partial charge in [0.25, 0.3) is 0 Å². The average Bonchev–Trinajstić information content (AvgIpc) is 2.81. The fraction of sp³-hybridized carbons (Fsp3) is 0.0667. The van der Waals surface area contributed by atoms with Crippen molar-refractivity contribution in [2.24, 2.45) is 0 Å². The van der Waals surface area contributed by atoms with Crippen LogP contribution in [0.5, 0.6) is 0 Å². The predicted molar refractivity (Wildman–Crippen MR) is 77.6 cm³/mol. The Morgan fingerprint density at radius 1 is 1.10 bits per heavy atom. The molecule has 2 heterocycles. The van der Waals surface area contributed by atoms with Gasteiger partial charge >= 0.3 is 0 Å².